The second-order valence-corrected chi connectivity index (χ2v) is 9.51. The van der Waals surface area contributed by atoms with Crippen LogP contribution in [0.5, 0.6) is 0 Å². The quantitative estimate of drug-likeness (QED) is 0.633. The standard InChI is InChI=1S/C24H32N2O2S/c1-18-10-9-11-20(16-18)17-26(19(2)23(28)25-24(3,4)5)22(27)14-15-29-21-12-7-6-8-13-21/h6-13,16,19H,14-15,17H2,1-5H3,(H,25,28). The molecule has 2 rings (SSSR count). The highest BCUT2D eigenvalue weighted by Gasteiger charge is 2.28. The summed E-state index contributed by atoms with van der Waals surface area (Å²) in [6.07, 6.45) is 0.387. The third-order valence-electron chi connectivity index (χ3n) is 4.43. The van der Waals surface area contributed by atoms with E-state index in [1.54, 1.807) is 23.6 Å². The number of amides is 2. The van der Waals surface area contributed by atoms with Crippen LogP contribution in [0.1, 0.15) is 45.2 Å². The summed E-state index contributed by atoms with van der Waals surface area (Å²) in [7, 11) is 0. The van der Waals surface area contributed by atoms with E-state index in [-0.39, 0.29) is 17.4 Å². The van der Waals surface area contributed by atoms with Crippen LogP contribution in [0.25, 0.3) is 0 Å². The second-order valence-electron chi connectivity index (χ2n) is 8.34. The van der Waals surface area contributed by atoms with Crippen molar-refractivity contribution >= 4 is 23.6 Å². The zero-order valence-corrected chi connectivity index (χ0v) is 18.9. The highest BCUT2D eigenvalue weighted by atomic mass is 32.2. The van der Waals surface area contributed by atoms with Crippen LogP contribution in [0.4, 0.5) is 0 Å². The van der Waals surface area contributed by atoms with Crippen molar-refractivity contribution < 1.29 is 9.59 Å². The molecule has 4 nitrogen and oxygen atoms in total. The lowest BCUT2D eigenvalue weighted by Crippen LogP contribution is -2.52. The zero-order valence-electron chi connectivity index (χ0n) is 18.1. The van der Waals surface area contributed by atoms with Crippen molar-refractivity contribution in [3.8, 4) is 0 Å². The molecule has 0 aliphatic heterocycles. The molecule has 0 fully saturated rings. The first kappa shape index (κ1) is 23.0. The van der Waals surface area contributed by atoms with E-state index < -0.39 is 6.04 Å². The first-order valence-electron chi connectivity index (χ1n) is 10.0. The molecule has 0 saturated carbocycles. The molecule has 29 heavy (non-hydrogen) atoms. The highest BCUT2D eigenvalue weighted by molar-refractivity contribution is 7.99. The normalized spacial score (nSPS) is 12.3. The van der Waals surface area contributed by atoms with Crippen LogP contribution in [0, 0.1) is 6.92 Å². The van der Waals surface area contributed by atoms with Gasteiger partial charge in [-0.3, -0.25) is 9.59 Å². The lowest BCUT2D eigenvalue weighted by Gasteiger charge is -2.31. The Balaban J connectivity index is 2.09. The topological polar surface area (TPSA) is 49.4 Å². The number of thioether (sulfide) groups is 1. The van der Waals surface area contributed by atoms with Gasteiger partial charge in [0.25, 0.3) is 0 Å². The summed E-state index contributed by atoms with van der Waals surface area (Å²) in [6, 6.07) is 17.6. The largest absolute Gasteiger partial charge is 0.350 e. The second kappa shape index (κ2) is 10.5. The molecule has 1 unspecified atom stereocenters. The van der Waals surface area contributed by atoms with Crippen molar-refractivity contribution in [3.05, 3.63) is 65.7 Å². The minimum atomic E-state index is -0.538. The van der Waals surface area contributed by atoms with Crippen molar-refractivity contribution in [3.63, 3.8) is 0 Å². The first-order valence-corrected chi connectivity index (χ1v) is 11.0. The number of hydrogen-bond donors (Lipinski definition) is 1. The van der Waals surface area contributed by atoms with Gasteiger partial charge < -0.3 is 10.2 Å². The van der Waals surface area contributed by atoms with E-state index >= 15 is 0 Å². The van der Waals surface area contributed by atoms with E-state index in [4.69, 9.17) is 0 Å². The first-order chi connectivity index (χ1) is 13.7. The molecular weight excluding hydrogens is 380 g/mol. The number of aryl methyl sites for hydroxylation is 1. The third-order valence-corrected chi connectivity index (χ3v) is 5.44. The van der Waals surface area contributed by atoms with Crippen LogP contribution in [-0.4, -0.2) is 34.0 Å². The van der Waals surface area contributed by atoms with Gasteiger partial charge in [0.2, 0.25) is 11.8 Å². The lowest BCUT2D eigenvalue weighted by atomic mass is 10.1. The molecule has 0 aliphatic carbocycles. The maximum atomic E-state index is 13.1. The molecule has 0 aromatic heterocycles. The molecule has 1 N–H and O–H groups in total. The van der Waals surface area contributed by atoms with Crippen molar-refractivity contribution in [2.24, 2.45) is 0 Å². The van der Waals surface area contributed by atoms with Gasteiger partial charge in [-0.05, 0) is 52.3 Å². The van der Waals surface area contributed by atoms with Crippen molar-refractivity contribution in [2.45, 2.75) is 64.1 Å². The summed E-state index contributed by atoms with van der Waals surface area (Å²) in [4.78, 5) is 28.7. The van der Waals surface area contributed by atoms with E-state index in [1.165, 1.54) is 0 Å². The summed E-state index contributed by atoms with van der Waals surface area (Å²) < 4.78 is 0. The van der Waals surface area contributed by atoms with Gasteiger partial charge in [-0.1, -0.05) is 48.0 Å². The molecule has 2 amide bonds. The fourth-order valence-corrected chi connectivity index (χ4v) is 3.84. The molecule has 2 aromatic rings. The van der Waals surface area contributed by atoms with E-state index in [1.807, 2.05) is 76.2 Å². The Morgan fingerprint density at radius 1 is 1.07 bits per heavy atom. The molecule has 0 bridgehead atoms. The molecular formula is C24H32N2O2S. The minimum Gasteiger partial charge on any atom is -0.350 e. The van der Waals surface area contributed by atoms with Crippen molar-refractivity contribution in [1.82, 2.24) is 10.2 Å². The molecule has 1 atom stereocenters. The van der Waals surface area contributed by atoms with Crippen LogP contribution >= 0.6 is 11.8 Å². The molecule has 2 aromatic carbocycles. The van der Waals surface area contributed by atoms with Gasteiger partial charge >= 0.3 is 0 Å². The maximum Gasteiger partial charge on any atom is 0.242 e. The predicted molar refractivity (Wildman–Crippen MR) is 121 cm³/mol. The fourth-order valence-electron chi connectivity index (χ4n) is 2.98. The maximum absolute atomic E-state index is 13.1. The molecule has 156 valence electrons. The Morgan fingerprint density at radius 3 is 2.38 bits per heavy atom. The van der Waals surface area contributed by atoms with Gasteiger partial charge in [-0.2, -0.15) is 0 Å². The molecule has 0 aliphatic rings. The fraction of sp³-hybridized carbons (Fsp3) is 0.417. The van der Waals surface area contributed by atoms with Crippen molar-refractivity contribution in [2.75, 3.05) is 5.75 Å². The summed E-state index contributed by atoms with van der Waals surface area (Å²) in [5.74, 6) is 0.543. The Labute approximate surface area is 179 Å². The summed E-state index contributed by atoms with van der Waals surface area (Å²) in [5, 5.41) is 3.00. The van der Waals surface area contributed by atoms with Crippen molar-refractivity contribution in [1.29, 1.82) is 0 Å². The van der Waals surface area contributed by atoms with E-state index in [0.717, 1.165) is 16.0 Å². The van der Waals surface area contributed by atoms with Gasteiger partial charge in [-0.15, -0.1) is 11.8 Å². The van der Waals surface area contributed by atoms with Gasteiger partial charge in [0.15, 0.2) is 0 Å². The molecule has 0 spiro atoms. The summed E-state index contributed by atoms with van der Waals surface area (Å²) in [5.41, 5.74) is 1.83. The number of carbonyl (C=O) groups is 2. The highest BCUT2D eigenvalue weighted by Crippen LogP contribution is 2.20. The Hall–Kier alpha value is -2.27. The van der Waals surface area contributed by atoms with Gasteiger partial charge in [0.05, 0.1) is 0 Å². The minimum absolute atomic E-state index is 0.00787. The Kier molecular flexibility index (Phi) is 8.32. The molecule has 0 radical (unpaired) electrons. The average molecular weight is 413 g/mol. The zero-order chi connectivity index (χ0) is 21.4. The number of nitrogens with one attached hydrogen (secondary N) is 1. The lowest BCUT2D eigenvalue weighted by molar-refractivity contribution is -0.140. The monoisotopic (exact) mass is 412 g/mol. The van der Waals surface area contributed by atoms with Gasteiger partial charge in [0, 0.05) is 29.2 Å². The van der Waals surface area contributed by atoms with E-state index in [0.29, 0.717) is 18.7 Å². The number of benzene rings is 2. The number of nitrogens with zero attached hydrogens (tertiary/aromatic N) is 1. The molecule has 0 heterocycles. The van der Waals surface area contributed by atoms with Crippen LogP contribution in [0.15, 0.2) is 59.5 Å². The molecule has 0 saturated heterocycles. The Bertz CT molecular complexity index is 815. The smallest absolute Gasteiger partial charge is 0.242 e. The van der Waals surface area contributed by atoms with Crippen LogP contribution < -0.4 is 5.32 Å². The number of carbonyl (C=O) groups excluding carboxylic acids is 2. The summed E-state index contributed by atoms with van der Waals surface area (Å²) >= 11 is 1.66. The van der Waals surface area contributed by atoms with Crippen LogP contribution in [0.2, 0.25) is 0 Å². The van der Waals surface area contributed by atoms with E-state index in [9.17, 15) is 9.59 Å². The van der Waals surface area contributed by atoms with Crippen LogP contribution in [-0.2, 0) is 16.1 Å². The Morgan fingerprint density at radius 2 is 1.76 bits per heavy atom. The SMILES string of the molecule is Cc1cccc(CN(C(=O)CCSc2ccccc2)C(C)C(=O)NC(C)(C)C)c1. The molecule has 5 heteroatoms. The predicted octanol–water partition coefficient (Wildman–Crippen LogP) is 4.81. The third kappa shape index (κ3) is 7.94. The average Bonchev–Trinajstić information content (AvgIpc) is 2.65. The number of rotatable bonds is 8. The number of hydrogen-bond acceptors (Lipinski definition) is 3. The van der Waals surface area contributed by atoms with E-state index in [2.05, 4.69) is 11.4 Å². The van der Waals surface area contributed by atoms with Gasteiger partial charge in [0.1, 0.15) is 6.04 Å². The van der Waals surface area contributed by atoms with Gasteiger partial charge in [-0.25, -0.2) is 0 Å². The van der Waals surface area contributed by atoms with Crippen LogP contribution in [0.3, 0.4) is 0 Å². The summed E-state index contributed by atoms with van der Waals surface area (Å²) in [6.45, 7) is 10.1.